The summed E-state index contributed by atoms with van der Waals surface area (Å²) in [6.45, 7) is 0. The summed E-state index contributed by atoms with van der Waals surface area (Å²) in [5.74, 6) is -1.20. The highest BCUT2D eigenvalue weighted by molar-refractivity contribution is 5.66. The minimum Gasteiger partial charge on any atom is -0.258 e. The zero-order valence-corrected chi connectivity index (χ0v) is 8.56. The number of hydrogen-bond donors (Lipinski definition) is 0. The Morgan fingerprint density at radius 3 is 2.29 bits per heavy atom. The molecule has 2 aromatic rings. The maximum atomic E-state index is 13.2. The van der Waals surface area contributed by atoms with Crippen molar-refractivity contribution >= 4 is 5.69 Å². The van der Waals surface area contributed by atoms with Gasteiger partial charge in [0.2, 0.25) is 0 Å². The van der Waals surface area contributed by atoms with Gasteiger partial charge >= 0.3 is 0 Å². The predicted octanol–water partition coefficient (Wildman–Crippen LogP) is 3.54. The molecule has 3 nitrogen and oxygen atoms in total. The third-order valence-electron chi connectivity index (χ3n) is 2.25. The summed E-state index contributed by atoms with van der Waals surface area (Å²) in [4.78, 5) is 9.88. The van der Waals surface area contributed by atoms with Crippen molar-refractivity contribution in [3.8, 4) is 11.1 Å². The Morgan fingerprint density at radius 2 is 1.65 bits per heavy atom. The summed E-state index contributed by atoms with van der Waals surface area (Å²) in [7, 11) is 0. The molecule has 0 N–H and O–H groups in total. The fourth-order valence-corrected chi connectivity index (χ4v) is 1.51. The molecule has 5 heteroatoms. The van der Waals surface area contributed by atoms with E-state index < -0.39 is 16.6 Å². The number of rotatable bonds is 2. The first kappa shape index (κ1) is 11.2. The SMILES string of the molecule is O=[N+]([O-])c1cc(F)cc(-c2cccc(F)c2)c1. The summed E-state index contributed by atoms with van der Waals surface area (Å²) >= 11 is 0. The molecule has 0 aliphatic rings. The van der Waals surface area contributed by atoms with Crippen LogP contribution in [0, 0.1) is 21.7 Å². The molecular formula is C12H7F2NO2. The van der Waals surface area contributed by atoms with Gasteiger partial charge in [-0.1, -0.05) is 12.1 Å². The summed E-state index contributed by atoms with van der Waals surface area (Å²) < 4.78 is 26.2. The third-order valence-corrected chi connectivity index (χ3v) is 2.25. The Bertz CT molecular complexity index is 584. The lowest BCUT2D eigenvalue weighted by atomic mass is 10.0. The molecule has 0 atom stereocenters. The standard InChI is InChI=1S/C12H7F2NO2/c13-10-3-1-2-8(4-10)9-5-11(14)7-12(6-9)15(16)17/h1-7H. The number of hydrogen-bond acceptors (Lipinski definition) is 2. The van der Waals surface area contributed by atoms with Crippen LogP contribution in [0.4, 0.5) is 14.5 Å². The molecule has 0 amide bonds. The van der Waals surface area contributed by atoms with E-state index in [-0.39, 0.29) is 11.3 Å². The van der Waals surface area contributed by atoms with Crippen LogP contribution in [0.15, 0.2) is 42.5 Å². The van der Waals surface area contributed by atoms with Crippen molar-refractivity contribution in [3.05, 3.63) is 64.2 Å². The van der Waals surface area contributed by atoms with E-state index in [0.717, 1.165) is 12.1 Å². The first-order valence-corrected chi connectivity index (χ1v) is 4.77. The zero-order valence-electron chi connectivity index (χ0n) is 8.56. The number of halogens is 2. The van der Waals surface area contributed by atoms with Crippen LogP contribution in [0.3, 0.4) is 0 Å². The lowest BCUT2D eigenvalue weighted by molar-refractivity contribution is -0.385. The average molecular weight is 235 g/mol. The lowest BCUT2D eigenvalue weighted by Crippen LogP contribution is -1.90. The smallest absolute Gasteiger partial charge is 0.258 e. The normalized spacial score (nSPS) is 10.2. The molecule has 0 saturated heterocycles. The molecule has 17 heavy (non-hydrogen) atoms. The molecule has 0 saturated carbocycles. The Morgan fingerprint density at radius 1 is 0.941 bits per heavy atom. The van der Waals surface area contributed by atoms with E-state index in [9.17, 15) is 18.9 Å². The van der Waals surface area contributed by atoms with Crippen LogP contribution in [-0.2, 0) is 0 Å². The van der Waals surface area contributed by atoms with Gasteiger partial charge < -0.3 is 0 Å². The highest BCUT2D eigenvalue weighted by Crippen LogP contribution is 2.25. The van der Waals surface area contributed by atoms with Gasteiger partial charge in [-0.25, -0.2) is 8.78 Å². The topological polar surface area (TPSA) is 43.1 Å². The quantitative estimate of drug-likeness (QED) is 0.590. The van der Waals surface area contributed by atoms with Gasteiger partial charge in [0, 0.05) is 6.07 Å². The molecule has 0 aliphatic heterocycles. The third kappa shape index (κ3) is 2.44. The monoisotopic (exact) mass is 235 g/mol. The number of nitrogens with zero attached hydrogens (tertiary/aromatic N) is 1. The van der Waals surface area contributed by atoms with E-state index in [2.05, 4.69) is 0 Å². The average Bonchev–Trinajstić information content (AvgIpc) is 2.28. The number of nitro groups is 1. The summed E-state index contributed by atoms with van der Waals surface area (Å²) in [5, 5.41) is 10.6. The maximum absolute atomic E-state index is 13.2. The van der Waals surface area contributed by atoms with Crippen LogP contribution in [0.5, 0.6) is 0 Å². The van der Waals surface area contributed by atoms with Gasteiger partial charge in [0.15, 0.2) is 0 Å². The van der Waals surface area contributed by atoms with Gasteiger partial charge in [0.1, 0.15) is 11.6 Å². The Hall–Kier alpha value is -2.30. The van der Waals surface area contributed by atoms with Crippen LogP contribution < -0.4 is 0 Å². The Kier molecular flexibility index (Phi) is 2.82. The Labute approximate surface area is 95.5 Å². The molecule has 86 valence electrons. The molecule has 0 aliphatic carbocycles. The minimum atomic E-state index is -0.724. The van der Waals surface area contributed by atoms with Crippen LogP contribution in [0.1, 0.15) is 0 Å². The van der Waals surface area contributed by atoms with Crippen LogP contribution in [0.2, 0.25) is 0 Å². The van der Waals surface area contributed by atoms with E-state index in [0.29, 0.717) is 5.56 Å². The van der Waals surface area contributed by atoms with Gasteiger partial charge in [-0.3, -0.25) is 10.1 Å². The maximum Gasteiger partial charge on any atom is 0.272 e. The first-order chi connectivity index (χ1) is 8.06. The lowest BCUT2D eigenvalue weighted by Gasteiger charge is -2.02. The molecule has 0 heterocycles. The van der Waals surface area contributed by atoms with Crippen molar-refractivity contribution in [3.63, 3.8) is 0 Å². The van der Waals surface area contributed by atoms with E-state index in [1.807, 2.05) is 0 Å². The summed E-state index contributed by atoms with van der Waals surface area (Å²) in [6.07, 6.45) is 0. The Balaban J connectivity index is 2.56. The van der Waals surface area contributed by atoms with Crippen molar-refractivity contribution in [2.24, 2.45) is 0 Å². The summed E-state index contributed by atoms with van der Waals surface area (Å²) in [6, 6.07) is 8.61. The van der Waals surface area contributed by atoms with Gasteiger partial charge in [0.05, 0.1) is 11.0 Å². The van der Waals surface area contributed by atoms with Gasteiger partial charge in [-0.15, -0.1) is 0 Å². The van der Waals surface area contributed by atoms with Crippen molar-refractivity contribution in [1.82, 2.24) is 0 Å². The first-order valence-electron chi connectivity index (χ1n) is 4.77. The van der Waals surface area contributed by atoms with E-state index in [4.69, 9.17) is 0 Å². The second-order valence-corrected chi connectivity index (χ2v) is 3.47. The van der Waals surface area contributed by atoms with Gasteiger partial charge in [0.25, 0.3) is 5.69 Å². The fraction of sp³-hybridized carbons (Fsp3) is 0. The summed E-state index contributed by atoms with van der Waals surface area (Å²) in [5.41, 5.74) is 0.313. The predicted molar refractivity (Wildman–Crippen MR) is 58.4 cm³/mol. The van der Waals surface area contributed by atoms with E-state index >= 15 is 0 Å². The second kappa shape index (κ2) is 4.29. The molecular weight excluding hydrogens is 228 g/mol. The van der Waals surface area contributed by atoms with Crippen molar-refractivity contribution in [1.29, 1.82) is 0 Å². The zero-order chi connectivity index (χ0) is 12.4. The van der Waals surface area contributed by atoms with Crippen molar-refractivity contribution in [2.75, 3.05) is 0 Å². The van der Waals surface area contributed by atoms with Crippen LogP contribution in [-0.4, -0.2) is 4.92 Å². The number of benzene rings is 2. The molecule has 2 rings (SSSR count). The molecule has 0 fully saturated rings. The molecule has 0 spiro atoms. The fourth-order valence-electron chi connectivity index (χ4n) is 1.51. The van der Waals surface area contributed by atoms with Gasteiger partial charge in [-0.05, 0) is 29.3 Å². The second-order valence-electron chi connectivity index (χ2n) is 3.47. The van der Waals surface area contributed by atoms with Crippen LogP contribution >= 0.6 is 0 Å². The van der Waals surface area contributed by atoms with Crippen molar-refractivity contribution < 1.29 is 13.7 Å². The van der Waals surface area contributed by atoms with E-state index in [1.54, 1.807) is 6.07 Å². The van der Waals surface area contributed by atoms with E-state index in [1.165, 1.54) is 24.3 Å². The molecule has 0 unspecified atom stereocenters. The molecule has 0 aromatic heterocycles. The molecule has 0 bridgehead atoms. The van der Waals surface area contributed by atoms with Gasteiger partial charge in [-0.2, -0.15) is 0 Å². The largest absolute Gasteiger partial charge is 0.272 e. The van der Waals surface area contributed by atoms with Crippen molar-refractivity contribution in [2.45, 2.75) is 0 Å². The molecule has 0 radical (unpaired) electrons. The highest BCUT2D eigenvalue weighted by Gasteiger charge is 2.11. The molecule has 2 aromatic carbocycles. The highest BCUT2D eigenvalue weighted by atomic mass is 19.1. The minimum absolute atomic E-state index is 0.274. The number of nitro benzene ring substituents is 1. The number of non-ortho nitro benzene ring substituents is 1. The van der Waals surface area contributed by atoms with Crippen LogP contribution in [0.25, 0.3) is 11.1 Å².